The molecule has 0 fully saturated rings. The number of benzene rings is 3. The number of phenolic OH excluding ortho intramolecular Hbond substituents is 1. The van der Waals surface area contributed by atoms with E-state index in [1.54, 1.807) is 24.3 Å². The highest BCUT2D eigenvalue weighted by Gasteiger charge is 2.08. The van der Waals surface area contributed by atoms with E-state index in [4.69, 9.17) is 0 Å². The number of thioether (sulfide) groups is 1. The molecule has 0 aliphatic carbocycles. The SMILES string of the molecule is O=C(CSc1cccc2ccccc12)Nc1ccccc1O. The molecule has 0 atom stereocenters. The van der Waals surface area contributed by atoms with Gasteiger partial charge in [-0.1, -0.05) is 48.5 Å². The Balaban J connectivity index is 1.69. The zero-order chi connectivity index (χ0) is 15.4. The predicted molar refractivity (Wildman–Crippen MR) is 91.4 cm³/mol. The lowest BCUT2D eigenvalue weighted by atomic mass is 10.1. The highest BCUT2D eigenvalue weighted by molar-refractivity contribution is 8.00. The topological polar surface area (TPSA) is 49.3 Å². The number of amides is 1. The molecule has 0 heterocycles. The number of rotatable bonds is 4. The van der Waals surface area contributed by atoms with Crippen LogP contribution in [0.2, 0.25) is 0 Å². The Bertz CT molecular complexity index is 812. The van der Waals surface area contributed by atoms with Gasteiger partial charge in [-0.3, -0.25) is 4.79 Å². The summed E-state index contributed by atoms with van der Waals surface area (Å²) in [5.74, 6) is 0.230. The van der Waals surface area contributed by atoms with Crippen LogP contribution in [0.3, 0.4) is 0 Å². The molecule has 0 aromatic heterocycles. The van der Waals surface area contributed by atoms with Gasteiger partial charge in [-0.25, -0.2) is 0 Å². The number of fused-ring (bicyclic) bond motifs is 1. The molecule has 0 spiro atoms. The summed E-state index contributed by atoms with van der Waals surface area (Å²) in [7, 11) is 0. The molecule has 3 aromatic rings. The second-order valence-corrected chi connectivity index (χ2v) is 5.85. The second kappa shape index (κ2) is 6.54. The van der Waals surface area contributed by atoms with Crippen LogP contribution in [-0.4, -0.2) is 16.8 Å². The monoisotopic (exact) mass is 309 g/mol. The average molecular weight is 309 g/mol. The maximum absolute atomic E-state index is 12.0. The first-order valence-electron chi connectivity index (χ1n) is 6.92. The molecule has 3 aromatic carbocycles. The molecule has 110 valence electrons. The molecule has 22 heavy (non-hydrogen) atoms. The highest BCUT2D eigenvalue weighted by Crippen LogP contribution is 2.28. The van der Waals surface area contributed by atoms with Gasteiger partial charge in [0.25, 0.3) is 0 Å². The Hall–Kier alpha value is -2.46. The Morgan fingerprint density at radius 2 is 1.68 bits per heavy atom. The number of aromatic hydroxyl groups is 1. The fraction of sp³-hybridized carbons (Fsp3) is 0.0556. The number of carbonyl (C=O) groups excluding carboxylic acids is 1. The Morgan fingerprint density at radius 3 is 2.55 bits per heavy atom. The number of anilines is 1. The van der Waals surface area contributed by atoms with Crippen molar-refractivity contribution in [3.05, 3.63) is 66.7 Å². The van der Waals surface area contributed by atoms with Crippen LogP contribution in [0, 0.1) is 0 Å². The summed E-state index contributed by atoms with van der Waals surface area (Å²) >= 11 is 1.49. The van der Waals surface area contributed by atoms with Crippen LogP contribution in [0.1, 0.15) is 0 Å². The largest absolute Gasteiger partial charge is 0.506 e. The summed E-state index contributed by atoms with van der Waals surface area (Å²) in [6.07, 6.45) is 0. The van der Waals surface area contributed by atoms with Crippen molar-refractivity contribution in [1.29, 1.82) is 0 Å². The molecule has 0 unspecified atom stereocenters. The fourth-order valence-corrected chi connectivity index (χ4v) is 3.11. The third-order valence-electron chi connectivity index (χ3n) is 3.29. The van der Waals surface area contributed by atoms with E-state index in [1.807, 2.05) is 24.3 Å². The lowest BCUT2D eigenvalue weighted by Gasteiger charge is -2.08. The van der Waals surface area contributed by atoms with Crippen LogP contribution in [-0.2, 0) is 4.79 Å². The minimum atomic E-state index is -0.139. The molecular weight excluding hydrogens is 294 g/mol. The third kappa shape index (κ3) is 3.23. The number of nitrogens with one attached hydrogen (secondary N) is 1. The predicted octanol–water partition coefficient (Wildman–Crippen LogP) is 4.28. The van der Waals surface area contributed by atoms with E-state index >= 15 is 0 Å². The zero-order valence-electron chi connectivity index (χ0n) is 11.8. The molecule has 4 heteroatoms. The quantitative estimate of drug-likeness (QED) is 0.559. The average Bonchev–Trinajstić information content (AvgIpc) is 2.55. The Kier molecular flexibility index (Phi) is 4.30. The van der Waals surface area contributed by atoms with Crippen molar-refractivity contribution >= 4 is 34.1 Å². The number of phenols is 1. The number of para-hydroxylation sites is 2. The van der Waals surface area contributed by atoms with Gasteiger partial charge < -0.3 is 10.4 Å². The van der Waals surface area contributed by atoms with Crippen molar-refractivity contribution in [2.24, 2.45) is 0 Å². The van der Waals surface area contributed by atoms with Crippen LogP contribution in [0.5, 0.6) is 5.75 Å². The minimum Gasteiger partial charge on any atom is -0.506 e. The van der Waals surface area contributed by atoms with Crippen LogP contribution < -0.4 is 5.32 Å². The molecule has 0 saturated carbocycles. The summed E-state index contributed by atoms with van der Waals surface area (Å²) in [5.41, 5.74) is 0.436. The maximum atomic E-state index is 12.0. The third-order valence-corrected chi connectivity index (χ3v) is 4.36. The summed E-state index contributed by atoms with van der Waals surface area (Å²) in [4.78, 5) is 13.1. The zero-order valence-corrected chi connectivity index (χ0v) is 12.6. The van der Waals surface area contributed by atoms with E-state index in [2.05, 4.69) is 23.5 Å². The van der Waals surface area contributed by atoms with Crippen LogP contribution in [0.15, 0.2) is 71.6 Å². The first kappa shape index (κ1) is 14.5. The van der Waals surface area contributed by atoms with E-state index in [0.29, 0.717) is 11.4 Å². The summed E-state index contributed by atoms with van der Waals surface area (Å²) < 4.78 is 0. The van der Waals surface area contributed by atoms with Crippen molar-refractivity contribution in [3.8, 4) is 5.75 Å². The van der Waals surface area contributed by atoms with Crippen molar-refractivity contribution in [2.75, 3.05) is 11.1 Å². The van der Waals surface area contributed by atoms with Gasteiger partial charge in [0, 0.05) is 4.90 Å². The molecule has 0 bridgehead atoms. The number of hydrogen-bond donors (Lipinski definition) is 2. The van der Waals surface area contributed by atoms with Crippen LogP contribution in [0.25, 0.3) is 10.8 Å². The first-order valence-corrected chi connectivity index (χ1v) is 7.91. The van der Waals surface area contributed by atoms with Gasteiger partial charge in [0.1, 0.15) is 5.75 Å². The van der Waals surface area contributed by atoms with E-state index in [9.17, 15) is 9.90 Å². The molecule has 2 N–H and O–H groups in total. The van der Waals surface area contributed by atoms with Gasteiger partial charge >= 0.3 is 0 Å². The van der Waals surface area contributed by atoms with Crippen molar-refractivity contribution in [2.45, 2.75) is 4.90 Å². The van der Waals surface area contributed by atoms with Crippen molar-refractivity contribution < 1.29 is 9.90 Å². The highest BCUT2D eigenvalue weighted by atomic mass is 32.2. The van der Waals surface area contributed by atoms with E-state index < -0.39 is 0 Å². The van der Waals surface area contributed by atoms with Crippen LogP contribution in [0.4, 0.5) is 5.69 Å². The first-order chi connectivity index (χ1) is 10.7. The van der Waals surface area contributed by atoms with Gasteiger partial charge in [-0.05, 0) is 29.0 Å². The normalized spacial score (nSPS) is 10.5. The summed E-state index contributed by atoms with van der Waals surface area (Å²) in [6, 6.07) is 20.9. The minimum absolute atomic E-state index is 0.0750. The lowest BCUT2D eigenvalue weighted by Crippen LogP contribution is -2.14. The molecule has 3 nitrogen and oxygen atoms in total. The Morgan fingerprint density at radius 1 is 0.955 bits per heavy atom. The van der Waals surface area contributed by atoms with Crippen molar-refractivity contribution in [3.63, 3.8) is 0 Å². The molecule has 0 aliphatic rings. The number of carbonyl (C=O) groups is 1. The van der Waals surface area contributed by atoms with Gasteiger partial charge in [0.05, 0.1) is 11.4 Å². The van der Waals surface area contributed by atoms with Gasteiger partial charge in [0.2, 0.25) is 5.91 Å². The maximum Gasteiger partial charge on any atom is 0.234 e. The fourth-order valence-electron chi connectivity index (χ4n) is 2.23. The van der Waals surface area contributed by atoms with E-state index in [0.717, 1.165) is 15.7 Å². The molecule has 0 aliphatic heterocycles. The standard InChI is InChI=1S/C18H15NO2S/c20-16-10-4-3-9-15(16)19-18(21)12-22-17-11-5-7-13-6-1-2-8-14(13)17/h1-11,20H,12H2,(H,19,21). The molecule has 3 rings (SSSR count). The van der Waals surface area contributed by atoms with Crippen molar-refractivity contribution in [1.82, 2.24) is 0 Å². The van der Waals surface area contributed by atoms with E-state index in [-0.39, 0.29) is 11.7 Å². The number of hydrogen-bond acceptors (Lipinski definition) is 3. The lowest BCUT2D eigenvalue weighted by molar-refractivity contribution is -0.113. The molecule has 1 amide bonds. The van der Waals surface area contributed by atoms with Gasteiger partial charge in [-0.15, -0.1) is 11.8 Å². The second-order valence-electron chi connectivity index (χ2n) is 4.83. The van der Waals surface area contributed by atoms with Gasteiger partial charge in [-0.2, -0.15) is 0 Å². The molecule has 0 saturated heterocycles. The summed E-state index contributed by atoms with van der Waals surface area (Å²) in [5, 5.41) is 14.7. The van der Waals surface area contributed by atoms with Crippen LogP contribution >= 0.6 is 11.8 Å². The van der Waals surface area contributed by atoms with E-state index in [1.165, 1.54) is 11.8 Å². The Labute approximate surface area is 133 Å². The molecule has 0 radical (unpaired) electrons. The van der Waals surface area contributed by atoms with Gasteiger partial charge in [0.15, 0.2) is 0 Å². The smallest absolute Gasteiger partial charge is 0.234 e. The summed E-state index contributed by atoms with van der Waals surface area (Å²) in [6.45, 7) is 0. The molecular formula is C18H15NO2S.